The van der Waals surface area contributed by atoms with E-state index in [-0.39, 0.29) is 0 Å². The highest BCUT2D eigenvalue weighted by atomic mass is 28.3. The molecule has 1 heterocycles. The van der Waals surface area contributed by atoms with Gasteiger partial charge in [0.05, 0.1) is 0 Å². The molecule has 0 amide bonds. The third-order valence-electron chi connectivity index (χ3n) is 8.72. The molecule has 0 saturated heterocycles. The van der Waals surface area contributed by atoms with Crippen LogP contribution in [0.25, 0.3) is 21.5 Å². The van der Waals surface area contributed by atoms with E-state index >= 15 is 0 Å². The fourth-order valence-corrected chi connectivity index (χ4v) is 15.7. The normalized spacial score (nSPS) is 14.5. The zero-order valence-electron chi connectivity index (χ0n) is 26.1. The summed E-state index contributed by atoms with van der Waals surface area (Å²) >= 11 is 0. The van der Waals surface area contributed by atoms with Gasteiger partial charge in [0.25, 0.3) is 0 Å². The highest BCUT2D eigenvalue weighted by molar-refractivity contribution is 7.14. The Hall–Kier alpha value is -2.99. The Morgan fingerprint density at radius 3 is 1.07 bits per heavy atom. The molecule has 5 rings (SSSR count). The van der Waals surface area contributed by atoms with Crippen molar-refractivity contribution >= 4 is 48.7 Å². The number of hydrogen-bond donors (Lipinski definition) is 0. The van der Waals surface area contributed by atoms with Crippen LogP contribution < -0.4 is 0 Å². The van der Waals surface area contributed by atoms with Crippen molar-refractivity contribution in [3.05, 3.63) is 144 Å². The summed E-state index contributed by atoms with van der Waals surface area (Å²) < 4.78 is 0. The van der Waals surface area contributed by atoms with Gasteiger partial charge in [0.2, 0.25) is 0 Å². The molecule has 1 aliphatic heterocycles. The summed E-state index contributed by atoms with van der Waals surface area (Å²) in [6.07, 6.45) is 5.28. The summed E-state index contributed by atoms with van der Waals surface area (Å²) in [7, 11) is -0.0452. The minimum atomic E-state index is -2.22. The van der Waals surface area contributed by atoms with Gasteiger partial charge in [0, 0.05) is 19.0 Å². The third kappa shape index (κ3) is 7.39. The third-order valence-corrected chi connectivity index (χ3v) is 17.3. The molecule has 0 unspecified atom stereocenters. The SMILES string of the molecule is CCC[Si]CCC[Si]1(CCC[Si]CCC)C(c2ccccc2)=C(c2ccccc2)C(c2ccccc2)=C1c1ccccc1. The van der Waals surface area contributed by atoms with Crippen molar-refractivity contribution in [1.29, 1.82) is 0 Å². The molecular weight excluding hydrogens is 565 g/mol. The summed E-state index contributed by atoms with van der Waals surface area (Å²) in [5.74, 6) is 0. The topological polar surface area (TPSA) is 0 Å². The van der Waals surface area contributed by atoms with Gasteiger partial charge in [-0.3, -0.25) is 0 Å². The summed E-state index contributed by atoms with van der Waals surface area (Å²) in [6.45, 7) is 4.67. The molecule has 0 fully saturated rings. The van der Waals surface area contributed by atoms with Crippen LogP contribution in [-0.4, -0.2) is 27.1 Å². The van der Waals surface area contributed by atoms with Crippen molar-refractivity contribution in [3.63, 3.8) is 0 Å². The molecule has 0 aromatic heterocycles. The monoisotopic (exact) mass is 610 g/mol. The van der Waals surface area contributed by atoms with Crippen molar-refractivity contribution in [2.45, 2.75) is 75.8 Å². The lowest BCUT2D eigenvalue weighted by molar-refractivity contribution is 0.972. The molecule has 0 N–H and O–H groups in total. The summed E-state index contributed by atoms with van der Waals surface area (Å²) in [5, 5.41) is 3.38. The molecule has 4 aromatic carbocycles. The van der Waals surface area contributed by atoms with E-state index in [1.807, 2.05) is 0 Å². The Kier molecular flexibility index (Phi) is 11.8. The molecule has 0 nitrogen and oxygen atoms in total. The van der Waals surface area contributed by atoms with Gasteiger partial charge in [-0.05, 0) is 55.9 Å². The van der Waals surface area contributed by atoms with E-state index in [1.54, 1.807) is 10.4 Å². The zero-order valence-corrected chi connectivity index (χ0v) is 29.1. The molecular formula is C40H46Si3. The predicted octanol–water partition coefficient (Wildman–Crippen LogP) is 11.4. The second-order valence-corrected chi connectivity index (χ2v) is 18.9. The molecule has 4 aromatic rings. The Balaban J connectivity index is 1.82. The van der Waals surface area contributed by atoms with Crippen LogP contribution in [0, 0.1) is 0 Å². The van der Waals surface area contributed by atoms with Crippen LogP contribution in [-0.2, 0) is 0 Å². The van der Waals surface area contributed by atoms with Gasteiger partial charge < -0.3 is 0 Å². The van der Waals surface area contributed by atoms with Crippen LogP contribution >= 0.6 is 0 Å². The van der Waals surface area contributed by atoms with E-state index in [1.165, 1.54) is 95.3 Å². The van der Waals surface area contributed by atoms with E-state index in [0.29, 0.717) is 0 Å². The number of rotatable bonds is 16. The standard InChI is InChI=1S/C40H46Si3/c1-3-27-41-29-17-31-43(32-18-30-42-28-4-2)39(35-23-13-7-14-24-35)37(33-19-9-5-10-20-33)38(34-21-11-6-12-22-34)40(43)36-25-15-8-16-26-36/h5-16,19-26H,3-4,17-18,27-32H2,1-2H3. The Morgan fingerprint density at radius 1 is 0.419 bits per heavy atom. The fourth-order valence-electron chi connectivity index (χ4n) is 6.95. The van der Waals surface area contributed by atoms with Gasteiger partial charge in [0.1, 0.15) is 8.07 Å². The van der Waals surface area contributed by atoms with Gasteiger partial charge in [-0.15, -0.1) is 0 Å². The summed E-state index contributed by atoms with van der Waals surface area (Å²) in [5.41, 5.74) is 8.61. The smallest absolute Gasteiger partial charge is 0.0657 e. The van der Waals surface area contributed by atoms with Crippen molar-refractivity contribution < 1.29 is 0 Å². The first-order chi connectivity index (χ1) is 21.3. The van der Waals surface area contributed by atoms with Gasteiger partial charge in [-0.1, -0.05) is 185 Å². The van der Waals surface area contributed by atoms with Gasteiger partial charge in [-0.2, -0.15) is 0 Å². The first-order valence-electron chi connectivity index (χ1n) is 16.4. The van der Waals surface area contributed by atoms with Crippen LogP contribution in [0.4, 0.5) is 0 Å². The average Bonchev–Trinajstić information content (AvgIpc) is 3.37. The molecule has 4 radical (unpaired) electrons. The second kappa shape index (κ2) is 16.2. The van der Waals surface area contributed by atoms with Crippen LogP contribution in [0.3, 0.4) is 0 Å². The Labute approximate surface area is 267 Å². The van der Waals surface area contributed by atoms with Gasteiger partial charge in [-0.25, -0.2) is 0 Å². The molecule has 0 aliphatic carbocycles. The summed E-state index contributed by atoms with van der Waals surface area (Å²) in [4.78, 5) is 0. The molecule has 1 aliphatic rings. The van der Waals surface area contributed by atoms with Crippen LogP contribution in [0.15, 0.2) is 121 Å². The maximum atomic E-state index is 2.41. The number of benzene rings is 4. The van der Waals surface area contributed by atoms with Crippen molar-refractivity contribution in [2.75, 3.05) is 0 Å². The molecule has 0 bridgehead atoms. The number of hydrogen-bond acceptors (Lipinski definition) is 0. The molecule has 218 valence electrons. The van der Waals surface area contributed by atoms with Gasteiger partial charge >= 0.3 is 0 Å². The second-order valence-electron chi connectivity index (χ2n) is 11.8. The predicted molar refractivity (Wildman–Crippen MR) is 195 cm³/mol. The minimum Gasteiger partial charge on any atom is -0.0657 e. The van der Waals surface area contributed by atoms with E-state index in [0.717, 1.165) is 19.0 Å². The molecule has 0 spiro atoms. The number of allylic oxidation sites excluding steroid dienone is 2. The average molecular weight is 611 g/mol. The maximum absolute atomic E-state index is 2.41. The molecule has 43 heavy (non-hydrogen) atoms. The lowest BCUT2D eigenvalue weighted by Crippen LogP contribution is -2.37. The summed E-state index contributed by atoms with van der Waals surface area (Å²) in [6, 6.07) is 53.9. The molecule has 0 atom stereocenters. The van der Waals surface area contributed by atoms with E-state index in [2.05, 4.69) is 135 Å². The lowest BCUT2D eigenvalue weighted by Gasteiger charge is -2.35. The van der Waals surface area contributed by atoms with Crippen LogP contribution in [0.5, 0.6) is 0 Å². The van der Waals surface area contributed by atoms with Crippen LogP contribution in [0.1, 0.15) is 61.8 Å². The maximum Gasteiger partial charge on any atom is 0.121 e. The van der Waals surface area contributed by atoms with Crippen molar-refractivity contribution in [2.24, 2.45) is 0 Å². The largest absolute Gasteiger partial charge is 0.121 e. The van der Waals surface area contributed by atoms with Crippen LogP contribution in [0.2, 0.25) is 36.3 Å². The minimum absolute atomic E-state index is 1.09. The lowest BCUT2D eigenvalue weighted by atomic mass is 9.89. The molecule has 0 saturated carbocycles. The Morgan fingerprint density at radius 2 is 0.744 bits per heavy atom. The zero-order chi connectivity index (χ0) is 29.7. The first kappa shape index (κ1) is 31.4. The molecule has 3 heteroatoms. The van der Waals surface area contributed by atoms with Crippen molar-refractivity contribution in [1.82, 2.24) is 0 Å². The highest BCUT2D eigenvalue weighted by Crippen LogP contribution is 2.59. The van der Waals surface area contributed by atoms with Gasteiger partial charge in [0.15, 0.2) is 0 Å². The van der Waals surface area contributed by atoms with E-state index in [9.17, 15) is 0 Å². The fraction of sp³-hybridized carbons (Fsp3) is 0.300. The van der Waals surface area contributed by atoms with E-state index < -0.39 is 8.07 Å². The Bertz CT molecular complexity index is 1340. The quantitative estimate of drug-likeness (QED) is 0.0874. The first-order valence-corrected chi connectivity index (χ1v) is 21.7. The van der Waals surface area contributed by atoms with E-state index in [4.69, 9.17) is 0 Å². The van der Waals surface area contributed by atoms with Crippen molar-refractivity contribution in [3.8, 4) is 0 Å². The highest BCUT2D eigenvalue weighted by Gasteiger charge is 2.49.